The van der Waals surface area contributed by atoms with Crippen LogP contribution in [0.4, 0.5) is 5.69 Å². The molecular weight excluding hydrogens is 418 g/mol. The molecule has 168 valence electrons. The Hall–Kier alpha value is -3.78. The molecule has 0 amide bonds. The summed E-state index contributed by atoms with van der Waals surface area (Å²) >= 11 is 0. The molecular formula is C25H25N5O3. The van der Waals surface area contributed by atoms with Crippen molar-refractivity contribution >= 4 is 11.3 Å². The van der Waals surface area contributed by atoms with E-state index in [4.69, 9.17) is 4.74 Å². The number of piperidine rings is 1. The third kappa shape index (κ3) is 4.56. The van der Waals surface area contributed by atoms with Crippen molar-refractivity contribution in [1.82, 2.24) is 19.5 Å². The van der Waals surface area contributed by atoms with Crippen molar-refractivity contribution in [2.75, 3.05) is 26.2 Å². The molecule has 2 aromatic heterocycles. The van der Waals surface area contributed by atoms with Gasteiger partial charge in [-0.05, 0) is 66.5 Å². The standard InChI is InChI=1S/C25H25N5O3/c31-24-14-19(6-9-23(24)28-32)22-16-27-30-17-20(15-26-25(22)30)18-4-7-21(8-5-18)33-13-12-29-10-2-1-3-11-29/h4-9,14-17,31H,1-3,10-13H2. The van der Waals surface area contributed by atoms with Crippen LogP contribution in [0.2, 0.25) is 0 Å². The number of hydrogen-bond donors (Lipinski definition) is 1. The second-order valence-corrected chi connectivity index (χ2v) is 8.24. The van der Waals surface area contributed by atoms with E-state index >= 15 is 0 Å². The largest absolute Gasteiger partial charge is 0.506 e. The van der Waals surface area contributed by atoms with Crippen LogP contribution < -0.4 is 4.74 Å². The molecule has 4 aromatic rings. The molecule has 2 aromatic carbocycles. The normalized spacial score (nSPS) is 14.4. The number of aromatic hydroxyl groups is 1. The number of ether oxygens (including phenoxy) is 1. The number of rotatable bonds is 7. The topological polar surface area (TPSA) is 92.3 Å². The van der Waals surface area contributed by atoms with Crippen LogP contribution in [0, 0.1) is 4.91 Å². The lowest BCUT2D eigenvalue weighted by Gasteiger charge is -2.26. The molecule has 0 aliphatic carbocycles. The van der Waals surface area contributed by atoms with Crippen molar-refractivity contribution in [3.05, 3.63) is 66.0 Å². The average molecular weight is 444 g/mol. The van der Waals surface area contributed by atoms with Gasteiger partial charge in [0.1, 0.15) is 23.8 Å². The first kappa shape index (κ1) is 21.1. The smallest absolute Gasteiger partial charge is 0.162 e. The minimum atomic E-state index is -0.170. The lowest BCUT2D eigenvalue weighted by atomic mass is 10.1. The molecule has 33 heavy (non-hydrogen) atoms. The van der Waals surface area contributed by atoms with E-state index in [0.717, 1.165) is 29.0 Å². The van der Waals surface area contributed by atoms with Gasteiger partial charge in [0.15, 0.2) is 5.65 Å². The molecule has 5 rings (SSSR count). The van der Waals surface area contributed by atoms with E-state index < -0.39 is 0 Å². The monoisotopic (exact) mass is 443 g/mol. The second kappa shape index (κ2) is 9.38. The number of benzene rings is 2. The van der Waals surface area contributed by atoms with Gasteiger partial charge in [0.25, 0.3) is 0 Å². The van der Waals surface area contributed by atoms with Gasteiger partial charge in [-0.1, -0.05) is 24.6 Å². The van der Waals surface area contributed by atoms with Crippen LogP contribution in [0.1, 0.15) is 19.3 Å². The van der Waals surface area contributed by atoms with E-state index in [0.29, 0.717) is 17.8 Å². The van der Waals surface area contributed by atoms with Gasteiger partial charge >= 0.3 is 0 Å². The molecule has 0 unspecified atom stereocenters. The van der Waals surface area contributed by atoms with Crippen LogP contribution in [-0.4, -0.2) is 50.8 Å². The van der Waals surface area contributed by atoms with Crippen LogP contribution >= 0.6 is 0 Å². The fraction of sp³-hybridized carbons (Fsp3) is 0.280. The molecule has 1 fully saturated rings. The summed E-state index contributed by atoms with van der Waals surface area (Å²) in [6, 6.07) is 12.7. The lowest BCUT2D eigenvalue weighted by molar-refractivity contribution is 0.183. The second-order valence-electron chi connectivity index (χ2n) is 8.24. The summed E-state index contributed by atoms with van der Waals surface area (Å²) in [6.07, 6.45) is 9.32. The van der Waals surface area contributed by atoms with Gasteiger partial charge in [0.05, 0.1) is 6.20 Å². The highest BCUT2D eigenvalue weighted by molar-refractivity contribution is 5.80. The van der Waals surface area contributed by atoms with Gasteiger partial charge in [0, 0.05) is 30.1 Å². The van der Waals surface area contributed by atoms with Gasteiger partial charge < -0.3 is 9.84 Å². The summed E-state index contributed by atoms with van der Waals surface area (Å²) in [5.74, 6) is 0.691. The molecule has 8 heteroatoms. The maximum absolute atomic E-state index is 10.7. The van der Waals surface area contributed by atoms with E-state index in [-0.39, 0.29) is 11.4 Å². The molecule has 1 N–H and O–H groups in total. The zero-order valence-electron chi connectivity index (χ0n) is 18.2. The van der Waals surface area contributed by atoms with E-state index in [1.807, 2.05) is 30.5 Å². The molecule has 1 aliphatic rings. The molecule has 0 saturated carbocycles. The van der Waals surface area contributed by atoms with Gasteiger partial charge in [-0.3, -0.25) is 4.90 Å². The van der Waals surface area contributed by atoms with Crippen molar-refractivity contribution in [1.29, 1.82) is 0 Å². The fourth-order valence-electron chi connectivity index (χ4n) is 4.21. The number of phenols is 1. The van der Waals surface area contributed by atoms with Crippen molar-refractivity contribution in [2.45, 2.75) is 19.3 Å². The number of fused-ring (bicyclic) bond motifs is 1. The maximum atomic E-state index is 10.7. The number of phenolic OH excluding ortho intramolecular Hbond substituents is 1. The van der Waals surface area contributed by atoms with Crippen LogP contribution in [-0.2, 0) is 0 Å². The Morgan fingerprint density at radius 2 is 1.76 bits per heavy atom. The quantitative estimate of drug-likeness (QED) is 0.403. The van der Waals surface area contributed by atoms with E-state index in [2.05, 4.69) is 20.2 Å². The van der Waals surface area contributed by atoms with Gasteiger partial charge in [-0.2, -0.15) is 5.10 Å². The zero-order chi connectivity index (χ0) is 22.6. The Morgan fingerprint density at radius 1 is 0.970 bits per heavy atom. The average Bonchev–Trinajstić information content (AvgIpc) is 3.28. The predicted molar refractivity (Wildman–Crippen MR) is 127 cm³/mol. The summed E-state index contributed by atoms with van der Waals surface area (Å²) in [5, 5.41) is 17.2. The maximum Gasteiger partial charge on any atom is 0.162 e. The van der Waals surface area contributed by atoms with E-state index in [1.54, 1.807) is 23.0 Å². The first-order valence-electron chi connectivity index (χ1n) is 11.2. The summed E-state index contributed by atoms with van der Waals surface area (Å²) < 4.78 is 7.63. The predicted octanol–water partition coefficient (Wildman–Crippen LogP) is 5.03. The molecule has 1 aliphatic heterocycles. The van der Waals surface area contributed by atoms with Crippen LogP contribution in [0.3, 0.4) is 0 Å². The van der Waals surface area contributed by atoms with Gasteiger partial charge in [-0.25, -0.2) is 9.50 Å². The molecule has 0 bridgehead atoms. The van der Waals surface area contributed by atoms with Crippen LogP contribution in [0.15, 0.2) is 66.2 Å². The Bertz CT molecular complexity index is 1260. The summed E-state index contributed by atoms with van der Waals surface area (Å²) in [7, 11) is 0. The van der Waals surface area contributed by atoms with Gasteiger partial charge in [-0.15, -0.1) is 4.91 Å². The molecule has 8 nitrogen and oxygen atoms in total. The summed E-state index contributed by atoms with van der Waals surface area (Å²) in [6.45, 7) is 4.02. The molecule has 3 heterocycles. The number of nitrogens with zero attached hydrogens (tertiary/aromatic N) is 5. The van der Waals surface area contributed by atoms with E-state index in [1.165, 1.54) is 44.5 Å². The molecule has 0 spiro atoms. The number of likely N-dealkylation sites (tertiary alicyclic amines) is 1. The highest BCUT2D eigenvalue weighted by atomic mass is 16.5. The van der Waals surface area contributed by atoms with Crippen molar-refractivity contribution in [2.24, 2.45) is 5.18 Å². The minimum absolute atomic E-state index is 0.00407. The Morgan fingerprint density at radius 3 is 2.52 bits per heavy atom. The zero-order valence-corrected chi connectivity index (χ0v) is 18.2. The summed E-state index contributed by atoms with van der Waals surface area (Å²) in [5.41, 5.74) is 4.07. The SMILES string of the molecule is O=Nc1ccc(-c2cnn3cc(-c4ccc(OCCN5CCCCC5)cc4)cnc23)cc1O. The Labute approximate surface area is 191 Å². The molecule has 0 radical (unpaired) electrons. The highest BCUT2D eigenvalue weighted by Gasteiger charge is 2.12. The number of aromatic nitrogens is 3. The Kier molecular flexibility index (Phi) is 5.99. The molecule has 1 saturated heterocycles. The van der Waals surface area contributed by atoms with Crippen molar-refractivity contribution in [3.63, 3.8) is 0 Å². The first-order valence-corrected chi connectivity index (χ1v) is 11.2. The van der Waals surface area contributed by atoms with Crippen molar-refractivity contribution < 1.29 is 9.84 Å². The lowest BCUT2D eigenvalue weighted by Crippen LogP contribution is -2.33. The third-order valence-electron chi connectivity index (χ3n) is 6.05. The molecule has 0 atom stereocenters. The number of hydrogen-bond acceptors (Lipinski definition) is 7. The fourth-order valence-corrected chi connectivity index (χ4v) is 4.21. The Balaban J connectivity index is 1.29. The van der Waals surface area contributed by atoms with Crippen LogP contribution in [0.5, 0.6) is 11.5 Å². The first-order chi connectivity index (χ1) is 16.2. The third-order valence-corrected chi connectivity index (χ3v) is 6.05. The van der Waals surface area contributed by atoms with Crippen LogP contribution in [0.25, 0.3) is 27.9 Å². The van der Waals surface area contributed by atoms with Crippen molar-refractivity contribution in [3.8, 4) is 33.8 Å². The summed E-state index contributed by atoms with van der Waals surface area (Å²) in [4.78, 5) is 17.8. The van der Waals surface area contributed by atoms with E-state index in [9.17, 15) is 10.0 Å². The number of nitroso groups, excluding NO2 is 1. The minimum Gasteiger partial charge on any atom is -0.506 e. The van der Waals surface area contributed by atoms with Gasteiger partial charge in [0.2, 0.25) is 0 Å². The highest BCUT2D eigenvalue weighted by Crippen LogP contribution is 2.33.